The van der Waals surface area contributed by atoms with Crippen molar-refractivity contribution in [2.75, 3.05) is 6.26 Å². The molecule has 3 aromatic carbocycles. The fourth-order valence-corrected chi connectivity index (χ4v) is 7.45. The first kappa shape index (κ1) is 21.5. The van der Waals surface area contributed by atoms with Crippen molar-refractivity contribution < 1.29 is 8.42 Å². The zero-order valence-corrected chi connectivity index (χ0v) is 21.0. The summed E-state index contributed by atoms with van der Waals surface area (Å²) in [6.07, 6.45) is 1.21. The lowest BCUT2D eigenvalue weighted by atomic mass is 10.2. The summed E-state index contributed by atoms with van der Waals surface area (Å²) >= 11 is 4.55. The van der Waals surface area contributed by atoms with Gasteiger partial charge in [0.25, 0.3) is 0 Å². The van der Waals surface area contributed by atoms with Crippen LogP contribution >= 0.6 is 34.4 Å². The van der Waals surface area contributed by atoms with Crippen molar-refractivity contribution in [1.29, 1.82) is 0 Å². The molecule has 0 N–H and O–H groups in total. The molecule has 0 aliphatic carbocycles. The SMILES string of the molecule is CS(=O)(=O)c1ccc2nc(Sc3nnc(-c4cc5ccccc5s4)n3-c3ccccc3)sc2c1. The zero-order valence-electron chi connectivity index (χ0n) is 17.7. The highest BCUT2D eigenvalue weighted by molar-refractivity contribution is 8.01. The fourth-order valence-electron chi connectivity index (χ4n) is 3.63. The molecule has 0 amide bonds. The summed E-state index contributed by atoms with van der Waals surface area (Å²) in [5.41, 5.74) is 1.72. The van der Waals surface area contributed by atoms with Crippen molar-refractivity contribution in [3.8, 4) is 16.4 Å². The molecule has 0 radical (unpaired) electrons. The zero-order chi connectivity index (χ0) is 23.3. The molecule has 0 spiro atoms. The summed E-state index contributed by atoms with van der Waals surface area (Å²) in [5, 5.41) is 10.9. The number of fused-ring (bicyclic) bond motifs is 2. The van der Waals surface area contributed by atoms with Gasteiger partial charge in [-0.05, 0) is 59.6 Å². The highest BCUT2D eigenvalue weighted by atomic mass is 32.2. The quantitative estimate of drug-likeness (QED) is 0.265. The predicted octanol–water partition coefficient (Wildman–Crippen LogP) is 6.31. The normalized spacial score (nSPS) is 12.0. The van der Waals surface area contributed by atoms with Crippen molar-refractivity contribution in [3.63, 3.8) is 0 Å². The number of para-hydroxylation sites is 1. The van der Waals surface area contributed by atoms with Crippen LogP contribution in [0.15, 0.2) is 93.3 Å². The van der Waals surface area contributed by atoms with Gasteiger partial charge in [0.15, 0.2) is 20.0 Å². The average molecular weight is 521 g/mol. The van der Waals surface area contributed by atoms with Crippen molar-refractivity contribution in [2.24, 2.45) is 0 Å². The van der Waals surface area contributed by atoms with Crippen LogP contribution in [-0.4, -0.2) is 34.4 Å². The molecular formula is C24H16N4O2S4. The Bertz CT molecular complexity index is 1740. The second-order valence-electron chi connectivity index (χ2n) is 7.61. The smallest absolute Gasteiger partial charge is 0.203 e. The molecule has 6 aromatic rings. The number of thiophene rings is 1. The van der Waals surface area contributed by atoms with Crippen LogP contribution in [0.5, 0.6) is 0 Å². The maximum absolute atomic E-state index is 11.9. The number of hydrogen-bond acceptors (Lipinski definition) is 8. The number of hydrogen-bond donors (Lipinski definition) is 0. The van der Waals surface area contributed by atoms with E-state index in [4.69, 9.17) is 4.98 Å². The summed E-state index contributed by atoms with van der Waals surface area (Å²) in [4.78, 5) is 6.02. The number of nitrogens with zero attached hydrogens (tertiary/aromatic N) is 4. The molecule has 0 aliphatic rings. The minimum atomic E-state index is -3.28. The largest absolute Gasteiger partial charge is 0.269 e. The van der Waals surface area contributed by atoms with Gasteiger partial charge in [0, 0.05) is 16.6 Å². The Hall–Kier alpha value is -3.05. The van der Waals surface area contributed by atoms with Gasteiger partial charge in [-0.3, -0.25) is 4.57 Å². The summed E-state index contributed by atoms with van der Waals surface area (Å²) in [6.45, 7) is 0. The summed E-state index contributed by atoms with van der Waals surface area (Å²) in [5.74, 6) is 0.773. The molecule has 6 nitrogen and oxygen atoms in total. The Morgan fingerprint density at radius 3 is 2.44 bits per heavy atom. The first-order chi connectivity index (χ1) is 16.5. The lowest BCUT2D eigenvalue weighted by Gasteiger charge is -2.08. The van der Waals surface area contributed by atoms with Gasteiger partial charge in [-0.2, -0.15) is 0 Å². The van der Waals surface area contributed by atoms with Crippen LogP contribution in [0.25, 0.3) is 36.7 Å². The first-order valence-corrected chi connectivity index (χ1v) is 14.6. The van der Waals surface area contributed by atoms with Crippen LogP contribution in [0, 0.1) is 0 Å². The van der Waals surface area contributed by atoms with Crippen LogP contribution in [0.3, 0.4) is 0 Å². The topological polar surface area (TPSA) is 77.7 Å². The van der Waals surface area contributed by atoms with Crippen LogP contribution in [0.1, 0.15) is 0 Å². The second-order valence-corrected chi connectivity index (χ2v) is 13.0. The molecule has 0 aliphatic heterocycles. The van der Waals surface area contributed by atoms with Crippen molar-refractivity contribution in [2.45, 2.75) is 14.4 Å². The van der Waals surface area contributed by atoms with Gasteiger partial charge >= 0.3 is 0 Å². The van der Waals surface area contributed by atoms with E-state index in [-0.39, 0.29) is 0 Å². The molecule has 3 heterocycles. The van der Waals surface area contributed by atoms with E-state index < -0.39 is 9.84 Å². The Labute approximate surface area is 207 Å². The van der Waals surface area contributed by atoms with Gasteiger partial charge in [-0.15, -0.1) is 32.9 Å². The van der Waals surface area contributed by atoms with E-state index in [9.17, 15) is 8.42 Å². The molecule has 0 saturated carbocycles. The molecule has 168 valence electrons. The lowest BCUT2D eigenvalue weighted by Crippen LogP contribution is -1.98. The predicted molar refractivity (Wildman–Crippen MR) is 139 cm³/mol. The van der Waals surface area contributed by atoms with Gasteiger partial charge in [-0.1, -0.05) is 36.4 Å². The van der Waals surface area contributed by atoms with E-state index in [1.165, 1.54) is 39.4 Å². The van der Waals surface area contributed by atoms with Gasteiger partial charge in [0.05, 0.1) is 20.0 Å². The minimum Gasteiger partial charge on any atom is -0.269 e. The Balaban J connectivity index is 1.45. The fraction of sp³-hybridized carbons (Fsp3) is 0.0417. The molecular weight excluding hydrogens is 505 g/mol. The van der Waals surface area contributed by atoms with Crippen LogP contribution in [-0.2, 0) is 9.84 Å². The monoisotopic (exact) mass is 520 g/mol. The standard InChI is InChI=1S/C24H16N4O2S4/c1-34(29,30)17-11-12-18-20(14-17)32-24(25-18)33-23-27-26-22(28(23)16-8-3-2-4-9-16)21-13-15-7-5-6-10-19(15)31-21/h2-14H,1H3. The number of benzene rings is 3. The van der Waals surface area contributed by atoms with Gasteiger partial charge in [0.2, 0.25) is 5.16 Å². The summed E-state index contributed by atoms with van der Waals surface area (Å²) in [7, 11) is -3.28. The highest BCUT2D eigenvalue weighted by Gasteiger charge is 2.20. The Morgan fingerprint density at radius 1 is 0.853 bits per heavy atom. The molecule has 0 fully saturated rings. The van der Waals surface area contributed by atoms with E-state index in [1.807, 2.05) is 47.0 Å². The van der Waals surface area contributed by atoms with E-state index in [2.05, 4.69) is 28.4 Å². The number of thiazole rings is 1. The Morgan fingerprint density at radius 2 is 1.65 bits per heavy atom. The summed E-state index contributed by atoms with van der Waals surface area (Å²) in [6, 6.07) is 25.4. The van der Waals surface area contributed by atoms with Gasteiger partial charge in [-0.25, -0.2) is 13.4 Å². The summed E-state index contributed by atoms with van der Waals surface area (Å²) < 4.78 is 28.7. The third-order valence-electron chi connectivity index (χ3n) is 5.24. The molecule has 0 unspecified atom stereocenters. The lowest BCUT2D eigenvalue weighted by molar-refractivity contribution is 0.602. The average Bonchev–Trinajstić information content (AvgIpc) is 3.54. The maximum atomic E-state index is 11.9. The van der Waals surface area contributed by atoms with Gasteiger partial charge < -0.3 is 0 Å². The van der Waals surface area contributed by atoms with E-state index >= 15 is 0 Å². The van der Waals surface area contributed by atoms with E-state index in [0.717, 1.165) is 30.9 Å². The third kappa shape index (κ3) is 3.92. The minimum absolute atomic E-state index is 0.291. The van der Waals surface area contributed by atoms with Crippen LogP contribution < -0.4 is 0 Å². The van der Waals surface area contributed by atoms with Crippen molar-refractivity contribution in [3.05, 3.63) is 78.9 Å². The second kappa shape index (κ2) is 8.31. The third-order valence-corrected chi connectivity index (χ3v) is 9.49. The highest BCUT2D eigenvalue weighted by Crippen LogP contribution is 2.39. The maximum Gasteiger partial charge on any atom is 0.203 e. The molecule has 3 aromatic heterocycles. The molecule has 34 heavy (non-hydrogen) atoms. The van der Waals surface area contributed by atoms with Gasteiger partial charge in [0.1, 0.15) is 0 Å². The first-order valence-electron chi connectivity index (χ1n) is 10.2. The van der Waals surface area contributed by atoms with E-state index in [1.54, 1.807) is 29.5 Å². The number of sulfone groups is 1. The number of aromatic nitrogens is 4. The number of rotatable bonds is 5. The van der Waals surface area contributed by atoms with E-state index in [0.29, 0.717) is 10.1 Å². The molecule has 0 bridgehead atoms. The Kier molecular flexibility index (Phi) is 5.25. The molecule has 10 heteroatoms. The van der Waals surface area contributed by atoms with Crippen LogP contribution in [0.4, 0.5) is 0 Å². The van der Waals surface area contributed by atoms with Crippen molar-refractivity contribution >= 4 is 64.6 Å². The molecule has 0 saturated heterocycles. The van der Waals surface area contributed by atoms with Crippen LogP contribution in [0.2, 0.25) is 0 Å². The molecule has 6 rings (SSSR count). The molecule has 0 atom stereocenters. The van der Waals surface area contributed by atoms with Crippen molar-refractivity contribution in [1.82, 2.24) is 19.7 Å².